The zero-order chi connectivity index (χ0) is 14.6. The van der Waals surface area contributed by atoms with Crippen molar-refractivity contribution < 1.29 is 12.8 Å². The van der Waals surface area contributed by atoms with E-state index in [-0.39, 0.29) is 11.6 Å². The molecule has 0 saturated carbocycles. The molecule has 2 rings (SSSR count). The predicted octanol–water partition coefficient (Wildman–Crippen LogP) is 2.24. The van der Waals surface area contributed by atoms with Gasteiger partial charge in [0.05, 0.1) is 6.54 Å². The van der Waals surface area contributed by atoms with Crippen molar-refractivity contribution in [2.75, 3.05) is 7.05 Å². The Kier molecular flexibility index (Phi) is 4.98. The van der Waals surface area contributed by atoms with Gasteiger partial charge >= 0.3 is 0 Å². The molecule has 0 aliphatic rings. The molecule has 108 valence electrons. The third-order valence-electron chi connectivity index (χ3n) is 2.61. The van der Waals surface area contributed by atoms with Crippen LogP contribution in [-0.2, 0) is 23.1 Å². The molecule has 0 saturated heterocycles. The van der Waals surface area contributed by atoms with Gasteiger partial charge in [0.15, 0.2) is 0 Å². The Morgan fingerprint density at radius 2 is 2.00 bits per heavy atom. The second kappa shape index (κ2) is 6.53. The van der Waals surface area contributed by atoms with Crippen LogP contribution in [-0.4, -0.2) is 15.5 Å². The average molecular weight is 359 g/mol. The van der Waals surface area contributed by atoms with E-state index in [0.717, 1.165) is 10.0 Å². The van der Waals surface area contributed by atoms with Crippen LogP contribution in [0.15, 0.2) is 50.4 Å². The lowest BCUT2D eigenvalue weighted by atomic mass is 10.2. The summed E-state index contributed by atoms with van der Waals surface area (Å²) in [6, 6.07) is 10.5. The molecule has 0 bridgehead atoms. The first-order chi connectivity index (χ1) is 9.51. The monoisotopic (exact) mass is 358 g/mol. The van der Waals surface area contributed by atoms with Gasteiger partial charge in [-0.1, -0.05) is 28.1 Å². The predicted molar refractivity (Wildman–Crippen MR) is 79.6 cm³/mol. The Bertz CT molecular complexity index is 682. The van der Waals surface area contributed by atoms with Gasteiger partial charge in [0.25, 0.3) is 10.0 Å². The molecular formula is C13H15BrN2O3S. The molecule has 2 N–H and O–H groups in total. The second-order valence-corrected chi connectivity index (χ2v) is 6.82. The molecule has 1 aromatic heterocycles. The van der Waals surface area contributed by atoms with Crippen LogP contribution in [0, 0.1) is 0 Å². The van der Waals surface area contributed by atoms with Crippen LogP contribution < -0.4 is 10.0 Å². The van der Waals surface area contributed by atoms with Gasteiger partial charge in [-0.25, -0.2) is 13.1 Å². The van der Waals surface area contributed by atoms with Crippen molar-refractivity contribution in [2.45, 2.75) is 18.2 Å². The molecule has 1 heterocycles. The van der Waals surface area contributed by atoms with Gasteiger partial charge in [0.1, 0.15) is 5.76 Å². The van der Waals surface area contributed by atoms with Crippen LogP contribution in [0.5, 0.6) is 0 Å². The summed E-state index contributed by atoms with van der Waals surface area (Å²) in [5.74, 6) is 0.579. The summed E-state index contributed by atoms with van der Waals surface area (Å²) in [5.41, 5.74) is 0.866. The van der Waals surface area contributed by atoms with E-state index in [1.165, 1.54) is 6.07 Å². The third kappa shape index (κ3) is 3.92. The van der Waals surface area contributed by atoms with Crippen molar-refractivity contribution in [1.29, 1.82) is 0 Å². The highest BCUT2D eigenvalue weighted by Crippen LogP contribution is 2.15. The molecule has 0 radical (unpaired) electrons. The first-order valence-electron chi connectivity index (χ1n) is 5.99. The fourth-order valence-corrected chi connectivity index (χ4v) is 3.08. The average Bonchev–Trinajstić information content (AvgIpc) is 2.87. The van der Waals surface area contributed by atoms with Crippen LogP contribution in [0.2, 0.25) is 0 Å². The first-order valence-corrected chi connectivity index (χ1v) is 8.26. The second-order valence-electron chi connectivity index (χ2n) is 4.21. The van der Waals surface area contributed by atoms with Crippen LogP contribution in [0.25, 0.3) is 0 Å². The molecule has 0 atom stereocenters. The van der Waals surface area contributed by atoms with E-state index < -0.39 is 10.0 Å². The molecule has 0 aliphatic carbocycles. The number of sulfonamides is 1. The molecular weight excluding hydrogens is 344 g/mol. The van der Waals surface area contributed by atoms with Crippen molar-refractivity contribution in [3.8, 4) is 0 Å². The first kappa shape index (κ1) is 15.2. The van der Waals surface area contributed by atoms with E-state index in [0.29, 0.717) is 12.3 Å². The maximum Gasteiger partial charge on any atom is 0.274 e. The highest BCUT2D eigenvalue weighted by atomic mass is 79.9. The molecule has 0 aliphatic heterocycles. The topological polar surface area (TPSA) is 71.3 Å². The van der Waals surface area contributed by atoms with Crippen LogP contribution in [0.4, 0.5) is 0 Å². The molecule has 0 amide bonds. The lowest BCUT2D eigenvalue weighted by Crippen LogP contribution is -2.22. The van der Waals surface area contributed by atoms with Crippen molar-refractivity contribution in [3.63, 3.8) is 0 Å². The van der Waals surface area contributed by atoms with Gasteiger partial charge in [-0.15, -0.1) is 0 Å². The summed E-state index contributed by atoms with van der Waals surface area (Å²) in [6.07, 6.45) is 0. The van der Waals surface area contributed by atoms with Gasteiger partial charge in [-0.2, -0.15) is 0 Å². The molecule has 5 nitrogen and oxygen atoms in total. The highest BCUT2D eigenvalue weighted by molar-refractivity contribution is 9.10. The van der Waals surface area contributed by atoms with E-state index in [9.17, 15) is 8.42 Å². The van der Waals surface area contributed by atoms with Gasteiger partial charge in [-0.05, 0) is 36.9 Å². The Morgan fingerprint density at radius 3 is 2.70 bits per heavy atom. The zero-order valence-corrected chi connectivity index (χ0v) is 13.3. The fourth-order valence-electron chi connectivity index (χ4n) is 1.67. The minimum atomic E-state index is -3.63. The largest absolute Gasteiger partial charge is 0.447 e. The number of hydrogen-bond acceptors (Lipinski definition) is 4. The molecule has 20 heavy (non-hydrogen) atoms. The minimum absolute atomic E-state index is 0.0715. The Morgan fingerprint density at radius 1 is 1.20 bits per heavy atom. The van der Waals surface area contributed by atoms with Crippen LogP contribution in [0.3, 0.4) is 0 Å². The van der Waals surface area contributed by atoms with Gasteiger partial charge < -0.3 is 9.73 Å². The summed E-state index contributed by atoms with van der Waals surface area (Å²) in [5, 5.41) is 2.83. The van der Waals surface area contributed by atoms with Crippen LogP contribution in [0.1, 0.15) is 11.3 Å². The number of benzene rings is 1. The van der Waals surface area contributed by atoms with E-state index in [1.807, 2.05) is 24.3 Å². The number of halogens is 1. The molecule has 0 fully saturated rings. The quantitative estimate of drug-likeness (QED) is 0.830. The summed E-state index contributed by atoms with van der Waals surface area (Å²) in [4.78, 5) is 0. The highest BCUT2D eigenvalue weighted by Gasteiger charge is 2.18. The molecule has 0 spiro atoms. The fraction of sp³-hybridized carbons (Fsp3) is 0.231. The SMILES string of the molecule is CNCc1ccc(S(=O)(=O)NCc2cccc(Br)c2)o1. The Labute approximate surface area is 126 Å². The summed E-state index contributed by atoms with van der Waals surface area (Å²) in [6.45, 7) is 0.699. The lowest BCUT2D eigenvalue weighted by molar-refractivity contribution is 0.404. The normalized spacial score (nSPS) is 11.7. The number of hydrogen-bond donors (Lipinski definition) is 2. The van der Waals surface area contributed by atoms with Crippen LogP contribution >= 0.6 is 15.9 Å². The third-order valence-corrected chi connectivity index (χ3v) is 4.37. The Balaban J connectivity index is 2.06. The molecule has 1 aromatic carbocycles. The Hall–Kier alpha value is -1.15. The van der Waals surface area contributed by atoms with Crippen molar-refractivity contribution in [3.05, 3.63) is 52.2 Å². The van der Waals surface area contributed by atoms with Gasteiger partial charge in [-0.3, -0.25) is 0 Å². The van der Waals surface area contributed by atoms with E-state index in [1.54, 1.807) is 13.1 Å². The summed E-state index contributed by atoms with van der Waals surface area (Å²) >= 11 is 3.35. The van der Waals surface area contributed by atoms with E-state index >= 15 is 0 Å². The van der Waals surface area contributed by atoms with Crippen molar-refractivity contribution in [1.82, 2.24) is 10.0 Å². The maximum atomic E-state index is 12.1. The number of rotatable bonds is 6. The van der Waals surface area contributed by atoms with Crippen molar-refractivity contribution in [2.24, 2.45) is 0 Å². The zero-order valence-electron chi connectivity index (χ0n) is 10.9. The van der Waals surface area contributed by atoms with E-state index in [4.69, 9.17) is 4.42 Å². The molecule has 0 unspecified atom stereocenters. The lowest BCUT2D eigenvalue weighted by Gasteiger charge is -2.05. The summed E-state index contributed by atoms with van der Waals surface area (Å²) in [7, 11) is -1.86. The minimum Gasteiger partial charge on any atom is -0.447 e. The smallest absolute Gasteiger partial charge is 0.274 e. The van der Waals surface area contributed by atoms with Gasteiger partial charge in [0, 0.05) is 11.0 Å². The van der Waals surface area contributed by atoms with Crippen molar-refractivity contribution >= 4 is 26.0 Å². The number of nitrogens with one attached hydrogen (secondary N) is 2. The van der Waals surface area contributed by atoms with Gasteiger partial charge in [0.2, 0.25) is 5.09 Å². The van der Waals surface area contributed by atoms with E-state index in [2.05, 4.69) is 26.0 Å². The maximum absolute atomic E-state index is 12.1. The number of furan rings is 1. The molecule has 2 aromatic rings. The summed E-state index contributed by atoms with van der Waals surface area (Å²) < 4.78 is 32.8. The molecule has 7 heteroatoms. The standard InChI is InChI=1S/C13H15BrN2O3S/c1-15-9-12-5-6-13(19-12)20(17,18)16-8-10-3-2-4-11(14)7-10/h2-7,15-16H,8-9H2,1H3.